The summed E-state index contributed by atoms with van der Waals surface area (Å²) < 4.78 is 3.48. The van der Waals surface area contributed by atoms with E-state index in [0.717, 1.165) is 24.6 Å². The minimum absolute atomic E-state index is 0.776. The van der Waals surface area contributed by atoms with E-state index in [1.807, 2.05) is 0 Å². The van der Waals surface area contributed by atoms with Gasteiger partial charge in [-0.15, -0.1) is 11.3 Å². The van der Waals surface area contributed by atoms with Gasteiger partial charge in [-0.25, -0.2) is 4.98 Å². The van der Waals surface area contributed by atoms with Gasteiger partial charge in [-0.2, -0.15) is 0 Å². The third-order valence-electron chi connectivity index (χ3n) is 3.08. The number of hydrogen-bond donors (Lipinski definition) is 0. The monoisotopic (exact) mass is 296 g/mol. The molecule has 2 aromatic rings. The van der Waals surface area contributed by atoms with Gasteiger partial charge in [0, 0.05) is 19.2 Å². The third-order valence-corrected chi connectivity index (χ3v) is 4.72. The molecule has 84 valence electrons. The van der Waals surface area contributed by atoms with E-state index in [0.29, 0.717) is 0 Å². The molecule has 2 aromatic heterocycles. The Balaban J connectivity index is 1.98. The maximum Gasteiger partial charge on any atom is 0.109 e. The van der Waals surface area contributed by atoms with E-state index in [1.165, 1.54) is 20.9 Å². The van der Waals surface area contributed by atoms with E-state index < -0.39 is 0 Å². The van der Waals surface area contributed by atoms with E-state index in [1.54, 1.807) is 11.3 Å². The highest BCUT2D eigenvalue weighted by Gasteiger charge is 2.18. The zero-order valence-corrected chi connectivity index (χ0v) is 11.5. The molecular formula is C12H13BrN2S. The predicted molar refractivity (Wildman–Crippen MR) is 70.7 cm³/mol. The lowest BCUT2D eigenvalue weighted by molar-refractivity contribution is 0.409. The van der Waals surface area contributed by atoms with Crippen molar-refractivity contribution >= 4 is 27.3 Å². The van der Waals surface area contributed by atoms with Crippen LogP contribution in [0, 0.1) is 5.92 Å². The summed E-state index contributed by atoms with van der Waals surface area (Å²) in [5, 5.41) is 0. The van der Waals surface area contributed by atoms with Crippen molar-refractivity contribution in [1.29, 1.82) is 0 Å². The quantitative estimate of drug-likeness (QED) is 0.779. The molecule has 0 saturated heterocycles. The van der Waals surface area contributed by atoms with Gasteiger partial charge in [0.05, 0.1) is 14.4 Å². The first-order valence-electron chi connectivity index (χ1n) is 5.54. The Morgan fingerprint density at radius 1 is 1.50 bits per heavy atom. The molecule has 0 aromatic carbocycles. The van der Waals surface area contributed by atoms with E-state index in [9.17, 15) is 0 Å². The van der Waals surface area contributed by atoms with Crippen molar-refractivity contribution in [1.82, 2.24) is 9.55 Å². The molecule has 0 bridgehead atoms. The highest BCUT2D eigenvalue weighted by molar-refractivity contribution is 9.11. The van der Waals surface area contributed by atoms with Crippen LogP contribution in [0.3, 0.4) is 0 Å². The second kappa shape index (κ2) is 4.00. The summed E-state index contributed by atoms with van der Waals surface area (Å²) in [7, 11) is 0. The van der Waals surface area contributed by atoms with Gasteiger partial charge < -0.3 is 4.57 Å². The van der Waals surface area contributed by atoms with Crippen LogP contribution in [-0.2, 0) is 13.0 Å². The fourth-order valence-electron chi connectivity index (χ4n) is 2.15. The number of nitrogens with zero attached hydrogens (tertiary/aromatic N) is 2. The molecule has 0 radical (unpaired) electrons. The Labute approximate surface area is 107 Å². The molecule has 0 amide bonds. The van der Waals surface area contributed by atoms with Crippen molar-refractivity contribution in [2.45, 2.75) is 26.3 Å². The number of hydrogen-bond acceptors (Lipinski definition) is 2. The molecule has 1 aliphatic rings. The highest BCUT2D eigenvalue weighted by Crippen LogP contribution is 2.32. The summed E-state index contributed by atoms with van der Waals surface area (Å²) in [5.41, 5.74) is 1.12. The first-order valence-corrected chi connectivity index (χ1v) is 7.15. The van der Waals surface area contributed by atoms with Crippen LogP contribution in [0.4, 0.5) is 0 Å². The molecule has 0 N–H and O–H groups in total. The lowest BCUT2D eigenvalue weighted by Gasteiger charge is -2.18. The summed E-state index contributed by atoms with van der Waals surface area (Å²) >= 11 is 5.24. The van der Waals surface area contributed by atoms with Crippen LogP contribution in [0.15, 0.2) is 22.1 Å². The fraction of sp³-hybridized carbons (Fsp3) is 0.417. The Hall–Kier alpha value is -0.610. The normalized spacial score (nSPS) is 19.8. The smallest absolute Gasteiger partial charge is 0.109 e. The van der Waals surface area contributed by atoms with Gasteiger partial charge in [0.1, 0.15) is 5.82 Å². The summed E-state index contributed by atoms with van der Waals surface area (Å²) in [6.45, 7) is 3.43. The number of halogens is 1. The molecular weight excluding hydrogens is 284 g/mol. The van der Waals surface area contributed by atoms with Crippen molar-refractivity contribution in [2.24, 2.45) is 5.92 Å². The standard InChI is InChI=1S/C12H13BrN2S/c1-8-4-5-15-7-9(14-12(15)6-8)10-2-3-11(13)16-10/h2-3,7-8H,4-6H2,1H3/t8-/m1/s1. The maximum absolute atomic E-state index is 4.74. The topological polar surface area (TPSA) is 17.8 Å². The van der Waals surface area contributed by atoms with E-state index in [4.69, 9.17) is 4.98 Å². The Bertz CT molecular complexity index is 515. The first kappa shape index (κ1) is 10.5. The first-order chi connectivity index (χ1) is 7.72. The highest BCUT2D eigenvalue weighted by atomic mass is 79.9. The number of aryl methyl sites for hydroxylation is 1. The van der Waals surface area contributed by atoms with Crippen LogP contribution >= 0.6 is 27.3 Å². The van der Waals surface area contributed by atoms with Crippen LogP contribution in [0.2, 0.25) is 0 Å². The van der Waals surface area contributed by atoms with E-state index in [-0.39, 0.29) is 0 Å². The van der Waals surface area contributed by atoms with Crippen LogP contribution < -0.4 is 0 Å². The second-order valence-electron chi connectivity index (χ2n) is 4.44. The summed E-state index contributed by atoms with van der Waals surface area (Å²) in [5.74, 6) is 2.02. The molecule has 0 fully saturated rings. The number of imidazole rings is 1. The van der Waals surface area contributed by atoms with Gasteiger partial charge >= 0.3 is 0 Å². The number of thiophene rings is 1. The van der Waals surface area contributed by atoms with Crippen LogP contribution in [0.1, 0.15) is 19.2 Å². The molecule has 2 nitrogen and oxygen atoms in total. The second-order valence-corrected chi connectivity index (χ2v) is 6.90. The van der Waals surface area contributed by atoms with Crippen molar-refractivity contribution in [3.63, 3.8) is 0 Å². The van der Waals surface area contributed by atoms with Crippen molar-refractivity contribution in [3.05, 3.63) is 27.9 Å². The zero-order chi connectivity index (χ0) is 11.1. The molecule has 0 unspecified atom stereocenters. The molecule has 16 heavy (non-hydrogen) atoms. The molecule has 3 rings (SSSR count). The number of fused-ring (bicyclic) bond motifs is 1. The molecule has 4 heteroatoms. The molecule has 1 aliphatic heterocycles. The van der Waals surface area contributed by atoms with Gasteiger partial charge in [-0.3, -0.25) is 0 Å². The number of aromatic nitrogens is 2. The lowest BCUT2D eigenvalue weighted by atomic mass is 10.0. The third kappa shape index (κ3) is 1.84. The van der Waals surface area contributed by atoms with Gasteiger partial charge in [0.15, 0.2) is 0 Å². The average molecular weight is 297 g/mol. The van der Waals surface area contributed by atoms with E-state index >= 15 is 0 Å². The number of rotatable bonds is 1. The predicted octanol–water partition coefficient (Wildman–Crippen LogP) is 3.96. The van der Waals surface area contributed by atoms with Gasteiger partial charge in [0.2, 0.25) is 0 Å². The van der Waals surface area contributed by atoms with E-state index in [2.05, 4.69) is 45.8 Å². The lowest BCUT2D eigenvalue weighted by Crippen LogP contribution is -2.16. The summed E-state index contributed by atoms with van der Waals surface area (Å²) in [4.78, 5) is 5.99. The molecule has 0 saturated carbocycles. The summed E-state index contributed by atoms with van der Waals surface area (Å²) in [6, 6.07) is 4.22. The van der Waals surface area contributed by atoms with Crippen LogP contribution in [0.25, 0.3) is 10.6 Å². The average Bonchev–Trinajstić information content (AvgIpc) is 2.83. The van der Waals surface area contributed by atoms with Crippen molar-refractivity contribution < 1.29 is 0 Å². The zero-order valence-electron chi connectivity index (χ0n) is 9.11. The van der Waals surface area contributed by atoms with Crippen LogP contribution in [0.5, 0.6) is 0 Å². The molecule has 0 spiro atoms. The SMILES string of the molecule is C[C@@H]1CCn2cc(-c3ccc(Br)s3)nc2C1. The Morgan fingerprint density at radius 2 is 2.38 bits per heavy atom. The molecule has 1 atom stereocenters. The van der Waals surface area contributed by atoms with Gasteiger partial charge in [0.25, 0.3) is 0 Å². The fourth-order valence-corrected chi connectivity index (χ4v) is 3.50. The molecule has 0 aliphatic carbocycles. The minimum Gasteiger partial charge on any atom is -0.334 e. The summed E-state index contributed by atoms with van der Waals surface area (Å²) in [6.07, 6.45) is 4.59. The molecule has 3 heterocycles. The minimum atomic E-state index is 0.776. The van der Waals surface area contributed by atoms with Crippen molar-refractivity contribution in [3.8, 4) is 10.6 Å². The van der Waals surface area contributed by atoms with Crippen molar-refractivity contribution in [2.75, 3.05) is 0 Å². The Kier molecular flexibility index (Phi) is 2.64. The largest absolute Gasteiger partial charge is 0.334 e. The van der Waals surface area contributed by atoms with Gasteiger partial charge in [-0.05, 0) is 40.4 Å². The van der Waals surface area contributed by atoms with Crippen LogP contribution in [-0.4, -0.2) is 9.55 Å². The Morgan fingerprint density at radius 3 is 3.12 bits per heavy atom. The van der Waals surface area contributed by atoms with Gasteiger partial charge in [-0.1, -0.05) is 6.92 Å². The maximum atomic E-state index is 4.74.